The normalized spacial score (nSPS) is 25.6. The highest BCUT2D eigenvalue weighted by Crippen LogP contribution is 2.34. The Balaban J connectivity index is 1.48. The lowest BCUT2D eigenvalue weighted by atomic mass is 10.0. The molecule has 24 heavy (non-hydrogen) atoms. The number of hydrogen-bond donors (Lipinski definition) is 1. The molecule has 2 atom stereocenters. The molecule has 2 fully saturated rings. The Morgan fingerprint density at radius 3 is 2.62 bits per heavy atom. The van der Waals surface area contributed by atoms with Crippen LogP contribution < -0.4 is 0 Å². The van der Waals surface area contributed by atoms with Gasteiger partial charge in [0.1, 0.15) is 5.82 Å². The molecule has 0 spiro atoms. The van der Waals surface area contributed by atoms with Crippen molar-refractivity contribution in [3.05, 3.63) is 53.6 Å². The Bertz CT molecular complexity index is 678. The second kappa shape index (κ2) is 6.65. The van der Waals surface area contributed by atoms with Gasteiger partial charge in [-0.1, -0.05) is 25.0 Å². The molecule has 2 aromatic rings. The van der Waals surface area contributed by atoms with E-state index in [2.05, 4.69) is 21.8 Å². The van der Waals surface area contributed by atoms with E-state index >= 15 is 0 Å². The van der Waals surface area contributed by atoms with E-state index in [-0.39, 0.29) is 18.0 Å². The van der Waals surface area contributed by atoms with Gasteiger partial charge in [-0.25, -0.2) is 4.39 Å². The number of benzene rings is 1. The van der Waals surface area contributed by atoms with E-state index < -0.39 is 0 Å². The van der Waals surface area contributed by atoms with E-state index in [4.69, 9.17) is 5.10 Å². The van der Waals surface area contributed by atoms with Gasteiger partial charge in [-0.15, -0.1) is 0 Å². The molecule has 1 aliphatic carbocycles. The first-order valence-corrected chi connectivity index (χ1v) is 8.90. The number of likely N-dealkylation sites (tertiary alicyclic amines) is 1. The Labute approximate surface area is 141 Å². The van der Waals surface area contributed by atoms with Crippen LogP contribution in [0, 0.1) is 5.82 Å². The van der Waals surface area contributed by atoms with Crippen LogP contribution in [0.1, 0.15) is 55.4 Å². The van der Waals surface area contributed by atoms with Gasteiger partial charge in [-0.2, -0.15) is 5.10 Å². The summed E-state index contributed by atoms with van der Waals surface area (Å²) in [5.74, 6) is -0.223. The smallest absolute Gasteiger partial charge is 0.123 e. The molecule has 2 heterocycles. The van der Waals surface area contributed by atoms with E-state index in [1.54, 1.807) is 0 Å². The average Bonchev–Trinajstić information content (AvgIpc) is 3.29. The number of hydrogen-bond acceptors (Lipinski definition) is 3. The average molecular weight is 329 g/mol. The number of β-amino-alcohol motifs (C(OH)–C–C–N with tert-alkyl or cyclic N) is 1. The van der Waals surface area contributed by atoms with Gasteiger partial charge >= 0.3 is 0 Å². The van der Waals surface area contributed by atoms with Crippen LogP contribution in [0.5, 0.6) is 0 Å². The Kier molecular flexibility index (Phi) is 4.37. The van der Waals surface area contributed by atoms with Crippen molar-refractivity contribution in [3.63, 3.8) is 0 Å². The van der Waals surface area contributed by atoms with Gasteiger partial charge in [0.05, 0.1) is 17.8 Å². The van der Waals surface area contributed by atoms with Gasteiger partial charge in [-0.3, -0.25) is 9.58 Å². The zero-order valence-corrected chi connectivity index (χ0v) is 13.8. The molecule has 0 unspecified atom stereocenters. The summed E-state index contributed by atoms with van der Waals surface area (Å²) in [7, 11) is 0. The molecule has 5 heteroatoms. The Hall–Kier alpha value is -1.72. The van der Waals surface area contributed by atoms with E-state index in [1.165, 1.54) is 37.8 Å². The number of rotatable bonds is 4. The van der Waals surface area contributed by atoms with E-state index in [1.807, 2.05) is 12.1 Å². The first kappa shape index (κ1) is 15.8. The second-order valence-corrected chi connectivity index (χ2v) is 7.11. The topological polar surface area (TPSA) is 41.3 Å². The highest BCUT2D eigenvalue weighted by Gasteiger charge is 2.32. The van der Waals surface area contributed by atoms with Crippen LogP contribution >= 0.6 is 0 Å². The molecule has 1 saturated carbocycles. The third-order valence-electron chi connectivity index (χ3n) is 5.36. The van der Waals surface area contributed by atoms with Crippen molar-refractivity contribution >= 4 is 0 Å². The summed E-state index contributed by atoms with van der Waals surface area (Å²) in [5.41, 5.74) is 2.10. The molecular formula is C19H24FN3O. The summed E-state index contributed by atoms with van der Waals surface area (Å²) in [4.78, 5) is 2.25. The molecule has 2 aliphatic rings. The molecule has 4 rings (SSSR count). The van der Waals surface area contributed by atoms with Crippen LogP contribution in [0.25, 0.3) is 0 Å². The maximum absolute atomic E-state index is 13.2. The molecule has 0 radical (unpaired) electrons. The summed E-state index contributed by atoms with van der Waals surface area (Å²) in [6.07, 6.45) is 7.48. The van der Waals surface area contributed by atoms with Crippen LogP contribution in [0.15, 0.2) is 36.5 Å². The van der Waals surface area contributed by atoms with Crippen molar-refractivity contribution < 1.29 is 9.50 Å². The molecule has 1 aromatic heterocycles. The van der Waals surface area contributed by atoms with Crippen molar-refractivity contribution in [3.8, 4) is 0 Å². The van der Waals surface area contributed by atoms with Gasteiger partial charge < -0.3 is 5.11 Å². The molecule has 1 aliphatic heterocycles. The van der Waals surface area contributed by atoms with Crippen LogP contribution in [-0.4, -0.2) is 32.4 Å². The summed E-state index contributed by atoms with van der Waals surface area (Å²) < 4.78 is 15.3. The molecule has 0 amide bonds. The molecule has 1 saturated heterocycles. The number of aliphatic hydroxyl groups excluding tert-OH is 1. The standard InChI is InChI=1S/C19H24FN3O/c20-15-7-5-14(6-8-15)19-11-18(24)13-22(19)12-16-9-10-23(21-16)17-3-1-2-4-17/h5-10,17-19,24H,1-4,11-13H2/t18-,19+/m1/s1. The number of aromatic nitrogens is 2. The van der Waals surface area contributed by atoms with Gasteiger partial charge in [0.15, 0.2) is 0 Å². The third kappa shape index (κ3) is 3.23. The highest BCUT2D eigenvalue weighted by atomic mass is 19.1. The zero-order chi connectivity index (χ0) is 16.5. The summed E-state index contributed by atoms with van der Waals surface area (Å²) in [6.45, 7) is 1.36. The highest BCUT2D eigenvalue weighted by molar-refractivity contribution is 5.22. The lowest BCUT2D eigenvalue weighted by Crippen LogP contribution is -2.24. The quantitative estimate of drug-likeness (QED) is 0.934. The maximum atomic E-state index is 13.2. The predicted octanol–water partition coefficient (Wildman–Crippen LogP) is 3.45. The van der Waals surface area contributed by atoms with Crippen LogP contribution in [0.3, 0.4) is 0 Å². The fourth-order valence-corrected chi connectivity index (χ4v) is 4.13. The van der Waals surface area contributed by atoms with Gasteiger partial charge in [0, 0.05) is 25.3 Å². The van der Waals surface area contributed by atoms with E-state index in [9.17, 15) is 9.50 Å². The zero-order valence-electron chi connectivity index (χ0n) is 13.8. The van der Waals surface area contributed by atoms with Crippen molar-refractivity contribution in [2.24, 2.45) is 0 Å². The van der Waals surface area contributed by atoms with Crippen LogP contribution in [0.4, 0.5) is 4.39 Å². The van der Waals surface area contributed by atoms with Gasteiger partial charge in [0.25, 0.3) is 0 Å². The first-order valence-electron chi connectivity index (χ1n) is 8.90. The van der Waals surface area contributed by atoms with Gasteiger partial charge in [-0.05, 0) is 43.0 Å². The molecule has 128 valence electrons. The summed E-state index contributed by atoms with van der Waals surface area (Å²) in [6, 6.07) is 9.39. The molecule has 1 N–H and O–H groups in total. The lowest BCUT2D eigenvalue weighted by Gasteiger charge is -2.23. The Morgan fingerprint density at radius 1 is 1.12 bits per heavy atom. The van der Waals surface area contributed by atoms with Crippen molar-refractivity contribution in [2.75, 3.05) is 6.54 Å². The summed E-state index contributed by atoms with van der Waals surface area (Å²) in [5, 5.41) is 14.9. The second-order valence-electron chi connectivity index (χ2n) is 7.11. The van der Waals surface area contributed by atoms with Crippen LogP contribution in [0.2, 0.25) is 0 Å². The molecule has 4 nitrogen and oxygen atoms in total. The van der Waals surface area contributed by atoms with Crippen molar-refractivity contribution in [1.82, 2.24) is 14.7 Å². The SMILES string of the molecule is O[C@@H]1C[C@@H](c2ccc(F)cc2)N(Cc2ccn(C3CCCC3)n2)C1. The minimum atomic E-state index is -0.336. The monoisotopic (exact) mass is 329 g/mol. The van der Waals surface area contributed by atoms with Crippen molar-refractivity contribution in [2.45, 2.75) is 56.8 Å². The fourth-order valence-electron chi connectivity index (χ4n) is 4.13. The molecular weight excluding hydrogens is 305 g/mol. The van der Waals surface area contributed by atoms with Gasteiger partial charge in [0.2, 0.25) is 0 Å². The maximum Gasteiger partial charge on any atom is 0.123 e. The number of nitrogens with zero attached hydrogens (tertiary/aromatic N) is 3. The fraction of sp³-hybridized carbons (Fsp3) is 0.526. The first-order chi connectivity index (χ1) is 11.7. The van der Waals surface area contributed by atoms with E-state index in [0.717, 1.165) is 17.8 Å². The molecule has 0 bridgehead atoms. The number of aliphatic hydroxyl groups is 1. The molecule has 1 aromatic carbocycles. The van der Waals surface area contributed by atoms with Crippen LogP contribution in [-0.2, 0) is 6.54 Å². The largest absolute Gasteiger partial charge is 0.392 e. The summed E-state index contributed by atoms with van der Waals surface area (Å²) >= 11 is 0. The lowest BCUT2D eigenvalue weighted by molar-refractivity contribution is 0.172. The van der Waals surface area contributed by atoms with E-state index in [0.29, 0.717) is 19.0 Å². The third-order valence-corrected chi connectivity index (χ3v) is 5.36. The Morgan fingerprint density at radius 2 is 1.88 bits per heavy atom. The minimum absolute atomic E-state index is 0.122. The number of halogens is 1. The minimum Gasteiger partial charge on any atom is -0.392 e. The van der Waals surface area contributed by atoms with Crippen molar-refractivity contribution in [1.29, 1.82) is 0 Å². The predicted molar refractivity (Wildman–Crippen MR) is 89.9 cm³/mol.